The van der Waals surface area contributed by atoms with Gasteiger partial charge in [0.25, 0.3) is 5.91 Å². The van der Waals surface area contributed by atoms with Crippen LogP contribution in [0.25, 0.3) is 10.3 Å². The maximum absolute atomic E-state index is 12.4. The van der Waals surface area contributed by atoms with E-state index < -0.39 is 5.60 Å². The van der Waals surface area contributed by atoms with Crippen molar-refractivity contribution in [3.05, 3.63) is 22.8 Å². The fourth-order valence-corrected chi connectivity index (χ4v) is 4.25. The van der Waals surface area contributed by atoms with Crippen LogP contribution in [-0.2, 0) is 0 Å². The topological polar surface area (TPSA) is 75.1 Å². The minimum atomic E-state index is -0.580. The van der Waals surface area contributed by atoms with Gasteiger partial charge in [0.1, 0.15) is 0 Å². The largest absolute Gasteiger partial charge is 0.390 e. The van der Waals surface area contributed by atoms with Crippen LogP contribution in [0.2, 0.25) is 0 Å². The maximum atomic E-state index is 12.4. The summed E-state index contributed by atoms with van der Waals surface area (Å²) in [6.07, 6.45) is 7.16. The number of aliphatic hydroxyl groups is 1. The van der Waals surface area contributed by atoms with Crippen molar-refractivity contribution in [1.29, 1.82) is 0 Å². The summed E-state index contributed by atoms with van der Waals surface area (Å²) in [6.45, 7) is 1.87. The molecule has 23 heavy (non-hydrogen) atoms. The van der Waals surface area contributed by atoms with Crippen molar-refractivity contribution in [2.24, 2.45) is 0 Å². The fraction of sp³-hybridized carbons (Fsp3) is 0.588. The molecule has 122 valence electrons. The van der Waals surface area contributed by atoms with Crippen molar-refractivity contribution < 1.29 is 9.90 Å². The fourth-order valence-electron chi connectivity index (χ4n) is 3.12. The number of fused-ring (bicyclic) bond motifs is 1. The Labute approximate surface area is 139 Å². The SMILES string of the molecule is C[C@]1(O)CC[C@H](NC(=O)c2cnc3nc(C4CC4)sc3c2)CC1. The van der Waals surface area contributed by atoms with Crippen LogP contribution in [0.1, 0.15) is 66.7 Å². The van der Waals surface area contributed by atoms with Crippen LogP contribution in [-0.4, -0.2) is 32.6 Å². The average Bonchev–Trinajstić information content (AvgIpc) is 3.28. The summed E-state index contributed by atoms with van der Waals surface area (Å²) in [6, 6.07) is 2.04. The number of carbonyl (C=O) groups excluding carboxylic acids is 1. The highest BCUT2D eigenvalue weighted by Crippen LogP contribution is 2.43. The van der Waals surface area contributed by atoms with Gasteiger partial charge in [-0.2, -0.15) is 0 Å². The number of thiazole rings is 1. The Morgan fingerprint density at radius 2 is 2.09 bits per heavy atom. The Morgan fingerprint density at radius 3 is 2.78 bits per heavy atom. The number of aromatic nitrogens is 2. The first-order valence-electron chi connectivity index (χ1n) is 8.30. The molecule has 0 unspecified atom stereocenters. The minimum absolute atomic E-state index is 0.0766. The number of pyridine rings is 1. The van der Waals surface area contributed by atoms with Crippen molar-refractivity contribution in [2.75, 3.05) is 0 Å². The van der Waals surface area contributed by atoms with Gasteiger partial charge in [-0.25, -0.2) is 9.97 Å². The molecule has 0 aromatic carbocycles. The lowest BCUT2D eigenvalue weighted by Crippen LogP contribution is -2.42. The summed E-state index contributed by atoms with van der Waals surface area (Å²) in [5, 5.41) is 14.2. The van der Waals surface area contributed by atoms with E-state index >= 15 is 0 Å². The second-order valence-corrected chi connectivity index (χ2v) is 8.18. The number of carbonyl (C=O) groups is 1. The highest BCUT2D eigenvalue weighted by atomic mass is 32.1. The van der Waals surface area contributed by atoms with E-state index in [1.165, 1.54) is 12.8 Å². The first-order chi connectivity index (χ1) is 11.0. The zero-order chi connectivity index (χ0) is 16.0. The van der Waals surface area contributed by atoms with E-state index in [9.17, 15) is 9.90 Å². The molecule has 0 radical (unpaired) electrons. The third-order valence-electron chi connectivity index (χ3n) is 4.85. The van der Waals surface area contributed by atoms with Crippen LogP contribution in [0.5, 0.6) is 0 Å². The van der Waals surface area contributed by atoms with Gasteiger partial charge < -0.3 is 10.4 Å². The quantitative estimate of drug-likeness (QED) is 0.906. The van der Waals surface area contributed by atoms with Gasteiger partial charge in [0.05, 0.1) is 20.9 Å². The molecule has 0 bridgehead atoms. The predicted molar refractivity (Wildman–Crippen MR) is 89.7 cm³/mol. The van der Waals surface area contributed by atoms with Crippen molar-refractivity contribution in [2.45, 2.75) is 63.0 Å². The van der Waals surface area contributed by atoms with Crippen molar-refractivity contribution in [1.82, 2.24) is 15.3 Å². The highest BCUT2D eigenvalue weighted by molar-refractivity contribution is 7.18. The summed E-state index contributed by atoms with van der Waals surface area (Å²) >= 11 is 1.66. The third kappa shape index (κ3) is 3.23. The van der Waals surface area contributed by atoms with E-state index in [4.69, 9.17) is 0 Å². The molecule has 2 heterocycles. The van der Waals surface area contributed by atoms with Crippen LogP contribution in [0, 0.1) is 0 Å². The zero-order valence-corrected chi connectivity index (χ0v) is 14.0. The van der Waals surface area contributed by atoms with E-state index in [0.29, 0.717) is 11.5 Å². The number of amides is 1. The Kier molecular flexibility index (Phi) is 3.61. The molecule has 1 amide bonds. The monoisotopic (exact) mass is 331 g/mol. The Balaban J connectivity index is 1.46. The molecule has 2 aliphatic rings. The summed E-state index contributed by atoms with van der Waals surface area (Å²) in [5.41, 5.74) is 0.770. The molecule has 0 atom stereocenters. The highest BCUT2D eigenvalue weighted by Gasteiger charge is 2.30. The number of nitrogens with zero attached hydrogens (tertiary/aromatic N) is 2. The molecule has 2 N–H and O–H groups in total. The second-order valence-electron chi connectivity index (χ2n) is 7.12. The van der Waals surface area contributed by atoms with Crippen LogP contribution in [0.15, 0.2) is 12.3 Å². The molecule has 0 saturated heterocycles. The van der Waals surface area contributed by atoms with E-state index in [1.807, 2.05) is 13.0 Å². The number of hydrogen-bond acceptors (Lipinski definition) is 5. The van der Waals surface area contributed by atoms with Gasteiger partial charge in [-0.15, -0.1) is 11.3 Å². The molecule has 2 aromatic rings. The summed E-state index contributed by atoms with van der Waals surface area (Å²) in [5.74, 6) is 0.536. The smallest absolute Gasteiger partial charge is 0.253 e. The summed E-state index contributed by atoms with van der Waals surface area (Å²) < 4.78 is 0.992. The number of hydrogen-bond donors (Lipinski definition) is 2. The van der Waals surface area contributed by atoms with E-state index in [1.54, 1.807) is 17.5 Å². The molecular weight excluding hydrogens is 310 g/mol. The van der Waals surface area contributed by atoms with Gasteiger partial charge >= 0.3 is 0 Å². The molecule has 0 aliphatic heterocycles. The van der Waals surface area contributed by atoms with Gasteiger partial charge in [0, 0.05) is 18.2 Å². The predicted octanol–water partition coefficient (Wildman–Crippen LogP) is 2.99. The standard InChI is InChI=1S/C17H21N3O2S/c1-17(22)6-4-12(5-7-17)19-15(21)11-8-13-14(18-9-11)20-16(23-13)10-2-3-10/h8-10,12,22H,2-7H2,1H3,(H,19,21)/t12-,17-. The van der Waals surface area contributed by atoms with Gasteiger partial charge in [-0.05, 0) is 51.5 Å². The normalized spacial score (nSPS) is 28.0. The first kappa shape index (κ1) is 15.0. The van der Waals surface area contributed by atoms with Gasteiger partial charge in [0.2, 0.25) is 0 Å². The van der Waals surface area contributed by atoms with Crippen LogP contribution in [0.3, 0.4) is 0 Å². The molecule has 5 nitrogen and oxygen atoms in total. The number of nitrogens with one attached hydrogen (secondary N) is 1. The van der Waals surface area contributed by atoms with Gasteiger partial charge in [-0.3, -0.25) is 4.79 Å². The van der Waals surface area contributed by atoms with Crippen LogP contribution < -0.4 is 5.32 Å². The Hall–Kier alpha value is -1.53. The lowest BCUT2D eigenvalue weighted by atomic mass is 9.83. The molecule has 0 spiro atoms. The third-order valence-corrected chi connectivity index (χ3v) is 6.00. The van der Waals surface area contributed by atoms with Crippen LogP contribution in [0.4, 0.5) is 0 Å². The molecule has 2 fully saturated rings. The van der Waals surface area contributed by atoms with E-state index in [0.717, 1.165) is 41.0 Å². The summed E-state index contributed by atoms with van der Waals surface area (Å²) in [4.78, 5) is 21.3. The maximum Gasteiger partial charge on any atom is 0.253 e. The van der Waals surface area contributed by atoms with Crippen molar-refractivity contribution in [3.8, 4) is 0 Å². The molecule has 2 aromatic heterocycles. The van der Waals surface area contributed by atoms with Gasteiger partial charge in [0.15, 0.2) is 5.65 Å². The molecule has 2 saturated carbocycles. The second kappa shape index (κ2) is 5.53. The van der Waals surface area contributed by atoms with Gasteiger partial charge in [-0.1, -0.05) is 0 Å². The zero-order valence-electron chi connectivity index (χ0n) is 13.2. The molecule has 6 heteroatoms. The first-order valence-corrected chi connectivity index (χ1v) is 9.11. The minimum Gasteiger partial charge on any atom is -0.390 e. The lowest BCUT2D eigenvalue weighted by Gasteiger charge is -2.33. The number of rotatable bonds is 3. The average molecular weight is 331 g/mol. The van der Waals surface area contributed by atoms with Crippen LogP contribution >= 0.6 is 11.3 Å². The van der Waals surface area contributed by atoms with E-state index in [-0.39, 0.29) is 11.9 Å². The van der Waals surface area contributed by atoms with Crippen molar-refractivity contribution >= 4 is 27.6 Å². The van der Waals surface area contributed by atoms with Crippen molar-refractivity contribution in [3.63, 3.8) is 0 Å². The van der Waals surface area contributed by atoms with E-state index in [2.05, 4.69) is 15.3 Å². The summed E-state index contributed by atoms with van der Waals surface area (Å²) in [7, 11) is 0. The lowest BCUT2D eigenvalue weighted by molar-refractivity contribution is 0.0140. The Bertz CT molecular complexity index is 741. The Morgan fingerprint density at radius 1 is 1.35 bits per heavy atom. The molecule has 2 aliphatic carbocycles. The molecule has 4 rings (SSSR count). The molecular formula is C17H21N3O2S.